The summed E-state index contributed by atoms with van der Waals surface area (Å²) in [6.45, 7) is 10.8. The van der Waals surface area contributed by atoms with Crippen molar-refractivity contribution in [2.24, 2.45) is 27.7 Å². The molecule has 480 valence electrons. The van der Waals surface area contributed by atoms with E-state index >= 15 is 0 Å². The number of aromatic nitrogens is 6. The van der Waals surface area contributed by atoms with Gasteiger partial charge in [0.25, 0.3) is 0 Å². The first-order valence-corrected chi connectivity index (χ1v) is 31.3. The number of carbonyl (C=O) groups excluding carboxylic acids is 4. The van der Waals surface area contributed by atoms with Crippen molar-refractivity contribution in [3.63, 3.8) is 0 Å². The van der Waals surface area contributed by atoms with Gasteiger partial charge in [0.1, 0.15) is 20.8 Å². The van der Waals surface area contributed by atoms with Gasteiger partial charge in [-0.15, -0.1) is 24.0 Å². The number of carbonyl (C=O) groups is 4. The Morgan fingerprint density at radius 1 is 0.607 bits per heavy atom. The molecule has 3 aliphatic carbocycles. The lowest BCUT2D eigenvalue weighted by molar-refractivity contribution is 0.0426. The van der Waals surface area contributed by atoms with Gasteiger partial charge in [0.05, 0.1) is 46.0 Å². The van der Waals surface area contributed by atoms with Gasteiger partial charge in [-0.25, -0.2) is 49.1 Å². The molecule has 0 radical (unpaired) electrons. The highest BCUT2D eigenvalue weighted by Crippen LogP contribution is 2.54. The van der Waals surface area contributed by atoms with E-state index in [4.69, 9.17) is 38.7 Å². The Morgan fingerprint density at radius 2 is 0.966 bits per heavy atom. The number of benzene rings is 3. The van der Waals surface area contributed by atoms with E-state index in [9.17, 15) is 19.2 Å². The number of nitrogens with zero attached hydrogens (tertiary/aromatic N) is 8. The van der Waals surface area contributed by atoms with Gasteiger partial charge in [-0.2, -0.15) is 0 Å². The summed E-state index contributed by atoms with van der Waals surface area (Å²) in [5.74, 6) is -0.490. The SMILES string of the molecule is C.COC(=O)c1nc(Br)cnc1Cl.COC(=O)c1nc(Br)cnc1N1CCC2(CC1)Cc1ccccc1[C@H]2N.COC(=O)c1nc(Br)cnc1N1CCC2(CC1)Cc1ccccc1[C@H]2NC(=O)OC(C)(C)C.I.N[C@@H]1c2ccccc2CC12CCNCC2.[2H]N. The Labute approximate surface area is 569 Å². The van der Waals surface area contributed by atoms with Gasteiger partial charge in [0.15, 0.2) is 33.9 Å². The fraction of sp³-hybridized carbons (Fsp3) is 0.460. The molecule has 1 amide bonds. The van der Waals surface area contributed by atoms with Crippen LogP contribution < -0.4 is 38.0 Å². The van der Waals surface area contributed by atoms with E-state index < -0.39 is 29.6 Å². The lowest BCUT2D eigenvalue weighted by atomic mass is 9.72. The second-order valence-electron chi connectivity index (χ2n) is 23.5. The van der Waals surface area contributed by atoms with Crippen LogP contribution in [0.4, 0.5) is 16.4 Å². The number of nitrogens with two attached hydrogens (primary N) is 2. The van der Waals surface area contributed by atoms with Crippen LogP contribution in [0.5, 0.6) is 0 Å². The maximum absolute atomic E-state index is 12.7. The van der Waals surface area contributed by atoms with Crippen LogP contribution in [-0.4, -0.2) is 120 Å². The topological polar surface area (TPSA) is 300 Å². The zero-order chi connectivity index (χ0) is 63.6. The van der Waals surface area contributed by atoms with Crippen LogP contribution in [0.1, 0.15) is 150 Å². The minimum Gasteiger partial charge on any atom is -0.464 e. The second-order valence-corrected chi connectivity index (χ2v) is 26.3. The molecule has 9 N–H and O–H groups in total. The van der Waals surface area contributed by atoms with E-state index in [0.717, 1.165) is 70.3 Å². The zero-order valence-electron chi connectivity index (χ0n) is 51.0. The molecule has 3 atom stereocenters. The third kappa shape index (κ3) is 16.4. The molecule has 89 heavy (non-hydrogen) atoms. The molecule has 0 unspecified atom stereocenters. The fourth-order valence-corrected chi connectivity index (χ4v) is 14.0. The Morgan fingerprint density at radius 3 is 1.39 bits per heavy atom. The lowest BCUT2D eigenvalue weighted by Crippen LogP contribution is -2.48. The summed E-state index contributed by atoms with van der Waals surface area (Å²) in [5, 5.41) is 6.63. The fourth-order valence-electron chi connectivity index (χ4n) is 13.0. The normalized spacial score (nSPS) is 19.3. The highest BCUT2D eigenvalue weighted by atomic mass is 127. The first-order chi connectivity index (χ1) is 42.1. The molecule has 6 aliphatic rings. The standard InChI is InChI=1S/C24H29BrN4O4.C19H21BrN4O2.C13H18N2.C6H4BrClN2O2.CH4.HI.H3N/c1-23(2,3)33-22(31)28-19-16-8-6-5-7-15(16)13-24(19)9-11-29(12-10-24)20-18(21(30)32-4)27-17(25)14-26-20;1-26-18(25)15-17(22-11-14(20)23-15)24-8-6-19(7-9-24)10-12-4-2-3-5-13(12)16(19)21;14-12-11-4-2-1-3-10(11)9-13(12)5-7-15-8-6-13;1-12-6(11)4-5(8)9-2-3(7)10-4;;;/h5-8,14,19H,9-13H2,1-4H3,(H,28,31);2-5,11,16H,6-10,21H2,1H3;1-4,12,15H,5-9,14H2;2H,1H3;1H4;1H;1H3/t19-;16-;12-;;;;/m111..../s1/i/hD. The molecule has 6 heterocycles. The summed E-state index contributed by atoms with van der Waals surface area (Å²) < 4.78 is 26.5. The minimum absolute atomic E-state index is 0. The van der Waals surface area contributed by atoms with Gasteiger partial charge in [0, 0.05) is 43.7 Å². The number of alkyl carbamates (subject to hydrolysis) is 1. The van der Waals surface area contributed by atoms with Gasteiger partial charge >= 0.3 is 24.0 Å². The summed E-state index contributed by atoms with van der Waals surface area (Å²) in [6, 6.07) is 25.6. The van der Waals surface area contributed by atoms with E-state index in [2.05, 4.69) is 170 Å². The number of fused-ring (bicyclic) bond motifs is 3. The highest BCUT2D eigenvalue weighted by Gasteiger charge is 2.50. The maximum Gasteiger partial charge on any atom is 0.408 e. The summed E-state index contributed by atoms with van der Waals surface area (Å²) in [5.41, 5.74) is 21.2. The summed E-state index contributed by atoms with van der Waals surface area (Å²) >= 11 is 15.2. The molecule has 3 aromatic heterocycles. The predicted octanol–water partition coefficient (Wildman–Crippen LogP) is 12.0. The molecular formula is C63H80Br3ClIN13O8. The number of esters is 3. The van der Waals surface area contributed by atoms with Crippen LogP contribution in [-0.2, 0) is 38.2 Å². The van der Waals surface area contributed by atoms with Crippen molar-refractivity contribution >= 4 is 119 Å². The van der Waals surface area contributed by atoms with Gasteiger partial charge in [0.2, 0.25) is 0 Å². The molecule has 3 aliphatic heterocycles. The number of rotatable bonds is 6. The number of anilines is 2. The first kappa shape index (κ1) is 70.9. The first-order valence-electron chi connectivity index (χ1n) is 29.1. The molecule has 3 spiro atoms. The third-order valence-corrected chi connectivity index (χ3v) is 18.8. The van der Waals surface area contributed by atoms with Crippen molar-refractivity contribution in [3.8, 4) is 0 Å². The second kappa shape index (κ2) is 31.2. The van der Waals surface area contributed by atoms with Crippen molar-refractivity contribution in [2.75, 3.05) is 70.4 Å². The van der Waals surface area contributed by atoms with E-state index in [-0.39, 0.29) is 82.6 Å². The van der Waals surface area contributed by atoms with E-state index in [1.54, 1.807) is 12.4 Å². The Kier molecular flexibility index (Phi) is 24.9. The predicted molar refractivity (Wildman–Crippen MR) is 364 cm³/mol. The lowest BCUT2D eigenvalue weighted by Gasteiger charge is -2.44. The third-order valence-electron chi connectivity index (χ3n) is 17.4. The highest BCUT2D eigenvalue weighted by molar-refractivity contribution is 14.0. The molecule has 21 nitrogen and oxygen atoms in total. The molecule has 26 heteroatoms. The molecule has 3 saturated heterocycles. The number of hydrogen-bond acceptors (Lipinski definition) is 20. The van der Waals surface area contributed by atoms with Crippen LogP contribution >= 0.6 is 83.4 Å². The monoisotopic (exact) mass is 1550 g/mol. The average Bonchev–Trinajstić information content (AvgIpc) is 1.62. The van der Waals surface area contributed by atoms with Gasteiger partial charge < -0.3 is 57.0 Å². The molecule has 3 aromatic carbocycles. The number of methoxy groups -OCH3 is 3. The smallest absolute Gasteiger partial charge is 0.408 e. The summed E-state index contributed by atoms with van der Waals surface area (Å²) in [6.07, 6.45) is 17.0. The van der Waals surface area contributed by atoms with Crippen molar-refractivity contribution in [2.45, 2.75) is 110 Å². The van der Waals surface area contributed by atoms with Crippen molar-refractivity contribution in [1.82, 2.24) is 46.7 Å². The Balaban J connectivity index is 0.000000200. The van der Waals surface area contributed by atoms with Crippen LogP contribution in [0.3, 0.4) is 0 Å². The van der Waals surface area contributed by atoms with Crippen molar-refractivity contribution < 1.29 is 39.5 Å². The molecule has 6 aromatic rings. The molecule has 0 bridgehead atoms. The number of ether oxygens (including phenoxy) is 4. The van der Waals surface area contributed by atoms with E-state index in [1.165, 1.54) is 74.6 Å². The largest absolute Gasteiger partial charge is 0.464 e. The Bertz CT molecular complexity index is 3460. The maximum atomic E-state index is 12.7. The van der Waals surface area contributed by atoms with Crippen LogP contribution in [0.15, 0.2) is 105 Å². The molecule has 12 rings (SSSR count). The van der Waals surface area contributed by atoms with Crippen molar-refractivity contribution in [3.05, 3.63) is 161 Å². The average molecular weight is 1550 g/mol. The van der Waals surface area contributed by atoms with E-state index in [1.807, 2.05) is 32.9 Å². The van der Waals surface area contributed by atoms with Gasteiger partial charge in [-0.3, -0.25) is 0 Å². The Hall–Kier alpha value is -5.52. The summed E-state index contributed by atoms with van der Waals surface area (Å²) in [4.78, 5) is 77.2. The number of amides is 1. The van der Waals surface area contributed by atoms with Gasteiger partial charge in [-0.1, -0.05) is 91.8 Å². The number of piperidine rings is 3. The van der Waals surface area contributed by atoms with Crippen LogP contribution in [0, 0.1) is 16.2 Å². The number of halogens is 5. The molecular weight excluding hydrogens is 1470 g/mol. The minimum atomic E-state index is -0.603. The van der Waals surface area contributed by atoms with Gasteiger partial charge in [-0.05, 0) is 184 Å². The quantitative estimate of drug-likeness (QED) is 0.0588. The number of hydrogen-bond donors (Lipinski definition) is 5. The molecule has 3 fully saturated rings. The van der Waals surface area contributed by atoms with E-state index in [0.29, 0.717) is 43.9 Å². The van der Waals surface area contributed by atoms with Crippen molar-refractivity contribution in [1.29, 1.82) is 0 Å². The molecule has 0 saturated carbocycles. The van der Waals surface area contributed by atoms with Crippen LogP contribution in [0.25, 0.3) is 0 Å². The zero-order valence-corrected chi connectivity index (χ0v) is 57.8. The summed E-state index contributed by atoms with van der Waals surface area (Å²) in [7, 11) is 3.94. The van der Waals surface area contributed by atoms with Crippen LogP contribution in [0.2, 0.25) is 6.56 Å². The number of nitrogens with one attached hydrogen (secondary N) is 2.